The van der Waals surface area contributed by atoms with Crippen LogP contribution in [0.1, 0.15) is 67.7 Å². The Morgan fingerprint density at radius 2 is 1.72 bits per heavy atom. The zero-order valence-corrected chi connectivity index (χ0v) is 18.5. The Balaban J connectivity index is 1.81. The molecule has 0 saturated heterocycles. The molecule has 0 saturated carbocycles. The maximum atomic E-state index is 4.96. The summed E-state index contributed by atoms with van der Waals surface area (Å²) >= 11 is 1.70. The van der Waals surface area contributed by atoms with Gasteiger partial charge in [0.1, 0.15) is 5.71 Å². The number of nitrogens with one attached hydrogen (secondary N) is 1. The number of hydrazone groups is 1. The van der Waals surface area contributed by atoms with Crippen LogP contribution in [0.2, 0.25) is 0 Å². The van der Waals surface area contributed by atoms with Crippen LogP contribution >= 0.6 is 11.3 Å². The summed E-state index contributed by atoms with van der Waals surface area (Å²) < 4.78 is 0. The van der Waals surface area contributed by atoms with Crippen LogP contribution in [0, 0.1) is 0 Å². The van der Waals surface area contributed by atoms with E-state index >= 15 is 0 Å². The van der Waals surface area contributed by atoms with Crippen molar-refractivity contribution in [1.82, 2.24) is 5.43 Å². The van der Waals surface area contributed by atoms with Crippen LogP contribution in [0.4, 0.5) is 5.69 Å². The number of amidine groups is 1. The third-order valence-corrected chi connectivity index (χ3v) is 6.10. The normalized spacial score (nSPS) is 14.0. The van der Waals surface area contributed by atoms with Crippen molar-refractivity contribution in [2.24, 2.45) is 10.1 Å². The zero-order valence-electron chi connectivity index (χ0n) is 17.7. The van der Waals surface area contributed by atoms with Crippen LogP contribution in [0.25, 0.3) is 0 Å². The molecule has 4 rings (SSSR count). The van der Waals surface area contributed by atoms with Crippen molar-refractivity contribution in [2.45, 2.75) is 46.0 Å². The van der Waals surface area contributed by atoms with E-state index in [1.165, 1.54) is 11.1 Å². The quantitative estimate of drug-likeness (QED) is 0.527. The number of hydrogen-bond donors (Lipinski definition) is 1. The Kier molecular flexibility index (Phi) is 5.13. The van der Waals surface area contributed by atoms with Gasteiger partial charge >= 0.3 is 0 Å². The third kappa shape index (κ3) is 4.03. The molecule has 29 heavy (non-hydrogen) atoms. The molecule has 0 aliphatic carbocycles. The molecular formula is C25H27N3S. The molecule has 3 nitrogen and oxygen atoms in total. The van der Waals surface area contributed by atoms with E-state index in [9.17, 15) is 0 Å². The summed E-state index contributed by atoms with van der Waals surface area (Å²) in [6.07, 6.45) is 0. The predicted octanol–water partition coefficient (Wildman–Crippen LogP) is 6.60. The van der Waals surface area contributed by atoms with Crippen molar-refractivity contribution in [1.29, 1.82) is 0 Å². The van der Waals surface area contributed by atoms with Gasteiger partial charge < -0.3 is 0 Å². The van der Waals surface area contributed by atoms with Gasteiger partial charge in [0.05, 0.1) is 10.6 Å². The predicted molar refractivity (Wildman–Crippen MR) is 125 cm³/mol. The summed E-state index contributed by atoms with van der Waals surface area (Å²) in [6.45, 7) is 11.1. The van der Waals surface area contributed by atoms with Gasteiger partial charge in [-0.15, -0.1) is 11.3 Å². The number of rotatable bonds is 3. The maximum absolute atomic E-state index is 4.96. The standard InChI is InChI=1S/C25H27N3S/c1-16(2)18-10-13-21-20(15-18)23(22-7-6-14-29-22)27-28-24(26-21)17-8-11-19(12-9-17)25(3,4)5/h6-16H,1-5H3,(H,26,28). The molecule has 2 aromatic carbocycles. The minimum atomic E-state index is 0.127. The van der Waals surface area contributed by atoms with Gasteiger partial charge in [0.25, 0.3) is 0 Å². The lowest BCUT2D eigenvalue weighted by Crippen LogP contribution is -2.20. The number of thiophene rings is 1. The molecule has 1 aliphatic heterocycles. The first kappa shape index (κ1) is 19.6. The number of aliphatic imine (C=N–C) groups is 1. The Bertz CT molecular complexity index is 1070. The van der Waals surface area contributed by atoms with Crippen molar-refractivity contribution in [2.75, 3.05) is 0 Å². The average Bonchev–Trinajstić information content (AvgIpc) is 3.15. The molecule has 0 spiro atoms. The molecule has 1 aromatic heterocycles. The molecule has 0 atom stereocenters. The van der Waals surface area contributed by atoms with Gasteiger partial charge in [0.2, 0.25) is 0 Å². The Labute approximate surface area is 177 Å². The van der Waals surface area contributed by atoms with E-state index in [0.717, 1.165) is 33.2 Å². The fourth-order valence-corrected chi connectivity index (χ4v) is 4.10. The minimum absolute atomic E-state index is 0.127. The SMILES string of the molecule is CC(C)c1ccc2c(c1)C(c1cccs1)=NNC(c1ccc(C(C)(C)C)cc1)=N2. The molecule has 3 aromatic rings. The Morgan fingerprint density at radius 1 is 0.966 bits per heavy atom. The minimum Gasteiger partial charge on any atom is -0.260 e. The van der Waals surface area contributed by atoms with Crippen LogP contribution in [0.3, 0.4) is 0 Å². The highest BCUT2D eigenvalue weighted by atomic mass is 32.1. The molecule has 0 radical (unpaired) electrons. The van der Waals surface area contributed by atoms with E-state index in [2.05, 4.69) is 100 Å². The van der Waals surface area contributed by atoms with Crippen LogP contribution < -0.4 is 5.43 Å². The van der Waals surface area contributed by atoms with Gasteiger partial charge in [-0.25, -0.2) is 4.99 Å². The lowest BCUT2D eigenvalue weighted by Gasteiger charge is -2.19. The first-order valence-corrected chi connectivity index (χ1v) is 10.9. The highest BCUT2D eigenvalue weighted by Gasteiger charge is 2.20. The van der Waals surface area contributed by atoms with Gasteiger partial charge in [0, 0.05) is 11.1 Å². The highest BCUT2D eigenvalue weighted by molar-refractivity contribution is 7.12. The summed E-state index contributed by atoms with van der Waals surface area (Å²) in [4.78, 5) is 6.10. The molecule has 4 heteroatoms. The summed E-state index contributed by atoms with van der Waals surface area (Å²) in [5.74, 6) is 1.23. The Hall–Kier alpha value is -2.72. The molecular weight excluding hydrogens is 374 g/mol. The Morgan fingerprint density at radius 3 is 2.34 bits per heavy atom. The van der Waals surface area contributed by atoms with Crippen LogP contribution in [-0.4, -0.2) is 11.5 Å². The number of nitrogens with zero attached hydrogens (tertiary/aromatic N) is 2. The second kappa shape index (κ2) is 7.60. The topological polar surface area (TPSA) is 36.8 Å². The first-order valence-electron chi connectivity index (χ1n) is 10.0. The van der Waals surface area contributed by atoms with Gasteiger partial charge in [-0.1, -0.05) is 71.0 Å². The van der Waals surface area contributed by atoms with Crippen LogP contribution in [0.15, 0.2) is 70.1 Å². The van der Waals surface area contributed by atoms with E-state index in [-0.39, 0.29) is 5.41 Å². The fourth-order valence-electron chi connectivity index (χ4n) is 3.37. The second-order valence-corrected chi connectivity index (χ2v) is 9.72. The molecule has 2 heterocycles. The number of hydrogen-bond acceptors (Lipinski definition) is 4. The number of benzene rings is 2. The summed E-state index contributed by atoms with van der Waals surface area (Å²) in [7, 11) is 0. The van der Waals surface area contributed by atoms with Crippen molar-refractivity contribution in [3.63, 3.8) is 0 Å². The van der Waals surface area contributed by atoms with E-state index in [0.29, 0.717) is 5.92 Å². The van der Waals surface area contributed by atoms with E-state index in [4.69, 9.17) is 10.1 Å². The fraction of sp³-hybridized carbons (Fsp3) is 0.280. The zero-order chi connectivity index (χ0) is 20.6. The molecule has 1 aliphatic rings. The van der Waals surface area contributed by atoms with Crippen molar-refractivity contribution in [3.05, 3.63) is 87.1 Å². The summed E-state index contributed by atoms with van der Waals surface area (Å²) in [6, 6.07) is 19.3. The van der Waals surface area contributed by atoms with Gasteiger partial charge in [-0.05, 0) is 46.0 Å². The van der Waals surface area contributed by atoms with Gasteiger partial charge in [-0.3, -0.25) is 5.43 Å². The van der Waals surface area contributed by atoms with Gasteiger partial charge in [0.15, 0.2) is 5.84 Å². The van der Waals surface area contributed by atoms with Crippen molar-refractivity contribution < 1.29 is 0 Å². The molecule has 0 unspecified atom stereocenters. The molecule has 0 amide bonds. The van der Waals surface area contributed by atoms with Crippen molar-refractivity contribution in [3.8, 4) is 0 Å². The first-order chi connectivity index (χ1) is 13.8. The van der Waals surface area contributed by atoms with E-state index in [1.807, 2.05) is 0 Å². The second-order valence-electron chi connectivity index (χ2n) is 8.77. The molecule has 0 bridgehead atoms. The highest BCUT2D eigenvalue weighted by Crippen LogP contribution is 2.31. The monoisotopic (exact) mass is 401 g/mol. The van der Waals surface area contributed by atoms with E-state index in [1.54, 1.807) is 11.3 Å². The number of fused-ring (bicyclic) bond motifs is 1. The smallest absolute Gasteiger partial charge is 0.154 e. The largest absolute Gasteiger partial charge is 0.260 e. The third-order valence-electron chi connectivity index (χ3n) is 5.23. The summed E-state index contributed by atoms with van der Waals surface area (Å²) in [5, 5.41) is 6.87. The maximum Gasteiger partial charge on any atom is 0.154 e. The average molecular weight is 402 g/mol. The van der Waals surface area contributed by atoms with Gasteiger partial charge in [-0.2, -0.15) is 5.10 Å². The lowest BCUT2D eigenvalue weighted by atomic mass is 9.86. The lowest BCUT2D eigenvalue weighted by molar-refractivity contribution is 0.590. The van der Waals surface area contributed by atoms with Crippen LogP contribution in [-0.2, 0) is 5.41 Å². The van der Waals surface area contributed by atoms with E-state index < -0.39 is 0 Å². The molecule has 0 fully saturated rings. The molecule has 148 valence electrons. The molecule has 1 N–H and O–H groups in total. The van der Waals surface area contributed by atoms with Crippen molar-refractivity contribution >= 4 is 28.6 Å². The van der Waals surface area contributed by atoms with Crippen LogP contribution in [0.5, 0.6) is 0 Å². The summed E-state index contributed by atoms with van der Waals surface area (Å²) in [5.41, 5.74) is 9.96.